The van der Waals surface area contributed by atoms with Crippen molar-refractivity contribution in [3.63, 3.8) is 0 Å². The van der Waals surface area contributed by atoms with Crippen molar-refractivity contribution in [2.75, 3.05) is 7.11 Å². The lowest BCUT2D eigenvalue weighted by atomic mass is 10.1. The van der Waals surface area contributed by atoms with Crippen LogP contribution in [0.25, 0.3) is 10.8 Å². The van der Waals surface area contributed by atoms with Gasteiger partial charge in [0, 0.05) is 6.92 Å². The summed E-state index contributed by atoms with van der Waals surface area (Å²) >= 11 is 0. The standard InChI is InChI=1S/C21H18N2O5/c1-13(24)28-19-8-7-14(9-20(19)27-2)12-22-23-21(26)17-10-15-5-3-4-6-16(15)11-18(17)25/h3-12,25H,1-2H3,(H,23,26). The van der Waals surface area contributed by atoms with Gasteiger partial charge >= 0.3 is 5.97 Å². The van der Waals surface area contributed by atoms with Crippen LogP contribution in [0.15, 0.2) is 59.7 Å². The molecule has 0 aromatic heterocycles. The minimum Gasteiger partial charge on any atom is -0.507 e. The van der Waals surface area contributed by atoms with Gasteiger partial charge in [-0.05, 0) is 46.7 Å². The number of ether oxygens (including phenoxy) is 2. The molecule has 0 spiro atoms. The molecule has 0 aliphatic carbocycles. The van der Waals surface area contributed by atoms with E-state index in [0.29, 0.717) is 11.3 Å². The molecule has 2 N–H and O–H groups in total. The average molecular weight is 378 g/mol. The van der Waals surface area contributed by atoms with Crippen LogP contribution in [0.1, 0.15) is 22.8 Å². The second-order valence-electron chi connectivity index (χ2n) is 5.92. The minimum absolute atomic E-state index is 0.124. The number of hydrogen-bond acceptors (Lipinski definition) is 6. The van der Waals surface area contributed by atoms with E-state index < -0.39 is 11.9 Å². The Balaban J connectivity index is 1.75. The highest BCUT2D eigenvalue weighted by atomic mass is 16.6. The maximum Gasteiger partial charge on any atom is 0.308 e. The lowest BCUT2D eigenvalue weighted by Gasteiger charge is -2.08. The third-order valence-electron chi connectivity index (χ3n) is 3.93. The zero-order valence-electron chi connectivity index (χ0n) is 15.3. The molecule has 3 rings (SSSR count). The Kier molecular flexibility index (Phi) is 5.55. The van der Waals surface area contributed by atoms with E-state index in [2.05, 4.69) is 10.5 Å². The van der Waals surface area contributed by atoms with Crippen LogP contribution in [-0.2, 0) is 4.79 Å². The van der Waals surface area contributed by atoms with Crippen molar-refractivity contribution in [2.45, 2.75) is 6.92 Å². The van der Waals surface area contributed by atoms with Crippen LogP contribution in [0.4, 0.5) is 0 Å². The largest absolute Gasteiger partial charge is 0.507 e. The van der Waals surface area contributed by atoms with Gasteiger partial charge < -0.3 is 14.6 Å². The molecule has 1 amide bonds. The van der Waals surface area contributed by atoms with Gasteiger partial charge in [-0.3, -0.25) is 9.59 Å². The lowest BCUT2D eigenvalue weighted by molar-refractivity contribution is -0.132. The summed E-state index contributed by atoms with van der Waals surface area (Å²) in [5.41, 5.74) is 3.13. The molecule has 3 aromatic rings. The summed E-state index contributed by atoms with van der Waals surface area (Å²) in [6.07, 6.45) is 1.41. The Morgan fingerprint density at radius 3 is 2.43 bits per heavy atom. The Bertz CT molecular complexity index is 1080. The van der Waals surface area contributed by atoms with Gasteiger partial charge in [0.05, 0.1) is 18.9 Å². The Hall–Kier alpha value is -3.87. The summed E-state index contributed by atoms with van der Waals surface area (Å²) < 4.78 is 10.2. The van der Waals surface area contributed by atoms with Gasteiger partial charge in [-0.15, -0.1) is 0 Å². The third kappa shape index (κ3) is 4.27. The molecule has 0 atom stereocenters. The van der Waals surface area contributed by atoms with Crippen LogP contribution in [0.2, 0.25) is 0 Å². The number of amides is 1. The number of nitrogens with zero attached hydrogens (tertiary/aromatic N) is 1. The summed E-state index contributed by atoms with van der Waals surface area (Å²) in [4.78, 5) is 23.4. The molecule has 0 saturated carbocycles. The topological polar surface area (TPSA) is 97.2 Å². The van der Waals surface area contributed by atoms with Crippen molar-refractivity contribution in [1.29, 1.82) is 0 Å². The van der Waals surface area contributed by atoms with Gasteiger partial charge in [0.1, 0.15) is 5.75 Å². The number of hydrazone groups is 1. The first-order valence-corrected chi connectivity index (χ1v) is 8.39. The molecule has 28 heavy (non-hydrogen) atoms. The number of benzene rings is 3. The predicted octanol–water partition coefficient (Wildman–Crippen LogP) is 3.24. The summed E-state index contributed by atoms with van der Waals surface area (Å²) in [6.45, 7) is 1.30. The number of fused-ring (bicyclic) bond motifs is 1. The molecule has 3 aromatic carbocycles. The molecule has 0 aliphatic rings. The molecule has 0 unspecified atom stereocenters. The fourth-order valence-corrected chi connectivity index (χ4v) is 2.64. The van der Waals surface area contributed by atoms with E-state index in [-0.39, 0.29) is 17.1 Å². The molecule has 7 nitrogen and oxygen atoms in total. The molecule has 0 fully saturated rings. The normalized spacial score (nSPS) is 10.8. The Morgan fingerprint density at radius 2 is 1.75 bits per heavy atom. The minimum atomic E-state index is -0.539. The van der Waals surface area contributed by atoms with Crippen LogP contribution < -0.4 is 14.9 Å². The Morgan fingerprint density at radius 1 is 1.04 bits per heavy atom. The van der Waals surface area contributed by atoms with Crippen LogP contribution in [0.3, 0.4) is 0 Å². The molecule has 0 heterocycles. The lowest BCUT2D eigenvalue weighted by Crippen LogP contribution is -2.17. The SMILES string of the molecule is COc1cc(C=NNC(=O)c2cc3ccccc3cc2O)ccc1OC(C)=O. The first-order valence-electron chi connectivity index (χ1n) is 8.39. The van der Waals surface area contributed by atoms with Gasteiger partial charge in [0.15, 0.2) is 11.5 Å². The molecular weight excluding hydrogens is 360 g/mol. The number of hydrogen-bond donors (Lipinski definition) is 2. The van der Waals surface area contributed by atoms with Crippen LogP contribution >= 0.6 is 0 Å². The van der Waals surface area contributed by atoms with E-state index in [4.69, 9.17) is 9.47 Å². The summed E-state index contributed by atoms with van der Waals surface area (Å²) in [6, 6.07) is 15.4. The molecule has 0 radical (unpaired) electrons. The average Bonchev–Trinajstić information content (AvgIpc) is 2.68. The van der Waals surface area contributed by atoms with Crippen molar-refractivity contribution in [1.82, 2.24) is 5.43 Å². The fourth-order valence-electron chi connectivity index (χ4n) is 2.64. The van der Waals surface area contributed by atoms with E-state index in [0.717, 1.165) is 10.8 Å². The number of phenolic OH excluding ortho intramolecular Hbond substituents is 1. The van der Waals surface area contributed by atoms with Crippen molar-refractivity contribution >= 4 is 28.9 Å². The van der Waals surface area contributed by atoms with Gasteiger partial charge in [-0.2, -0.15) is 5.10 Å². The van der Waals surface area contributed by atoms with Crippen molar-refractivity contribution < 1.29 is 24.2 Å². The number of phenols is 1. The quantitative estimate of drug-likeness (QED) is 0.307. The van der Waals surface area contributed by atoms with Crippen LogP contribution in [0.5, 0.6) is 17.2 Å². The zero-order chi connectivity index (χ0) is 20.1. The number of rotatable bonds is 5. The molecule has 0 aliphatic heterocycles. The van der Waals surface area contributed by atoms with Crippen LogP contribution in [0, 0.1) is 0 Å². The van der Waals surface area contributed by atoms with Gasteiger partial charge in [0.2, 0.25) is 0 Å². The van der Waals surface area contributed by atoms with E-state index in [1.165, 1.54) is 26.3 Å². The highest BCUT2D eigenvalue weighted by molar-refractivity contribution is 6.01. The maximum atomic E-state index is 12.3. The second kappa shape index (κ2) is 8.22. The Labute approximate surface area is 161 Å². The van der Waals surface area contributed by atoms with E-state index >= 15 is 0 Å². The first-order chi connectivity index (χ1) is 13.5. The number of nitrogens with one attached hydrogen (secondary N) is 1. The number of carbonyl (C=O) groups is 2. The number of carbonyl (C=O) groups excluding carboxylic acids is 2. The summed E-state index contributed by atoms with van der Waals surface area (Å²) in [5.74, 6) is -0.473. The summed E-state index contributed by atoms with van der Waals surface area (Å²) in [5, 5.41) is 15.7. The number of esters is 1. The zero-order valence-corrected chi connectivity index (χ0v) is 15.3. The smallest absolute Gasteiger partial charge is 0.308 e. The third-order valence-corrected chi connectivity index (χ3v) is 3.93. The van der Waals surface area contributed by atoms with Crippen molar-refractivity contribution in [3.8, 4) is 17.2 Å². The van der Waals surface area contributed by atoms with Gasteiger partial charge in [0.25, 0.3) is 5.91 Å². The fraction of sp³-hybridized carbons (Fsp3) is 0.0952. The number of aromatic hydroxyl groups is 1. The molecule has 0 bridgehead atoms. The monoisotopic (exact) mass is 378 g/mol. The van der Waals surface area contributed by atoms with Crippen molar-refractivity contribution in [2.24, 2.45) is 5.10 Å². The summed E-state index contributed by atoms with van der Waals surface area (Å²) in [7, 11) is 1.45. The van der Waals surface area contributed by atoms with E-state index in [1.807, 2.05) is 24.3 Å². The van der Waals surface area contributed by atoms with Gasteiger partial charge in [-0.25, -0.2) is 5.43 Å². The van der Waals surface area contributed by atoms with E-state index in [1.54, 1.807) is 24.3 Å². The van der Waals surface area contributed by atoms with Gasteiger partial charge in [-0.1, -0.05) is 24.3 Å². The molecule has 142 valence electrons. The number of methoxy groups -OCH3 is 1. The highest BCUT2D eigenvalue weighted by Crippen LogP contribution is 2.28. The van der Waals surface area contributed by atoms with E-state index in [9.17, 15) is 14.7 Å². The van der Waals surface area contributed by atoms with Crippen molar-refractivity contribution in [3.05, 3.63) is 65.7 Å². The molecule has 0 saturated heterocycles. The highest BCUT2D eigenvalue weighted by Gasteiger charge is 2.12. The molecular formula is C21H18N2O5. The predicted molar refractivity (Wildman–Crippen MR) is 105 cm³/mol. The maximum absolute atomic E-state index is 12.3. The first kappa shape index (κ1) is 18.9. The van der Waals surface area contributed by atoms with Crippen LogP contribution in [-0.4, -0.2) is 30.3 Å². The second-order valence-corrected chi connectivity index (χ2v) is 5.92. The molecule has 7 heteroatoms.